The molecule has 0 radical (unpaired) electrons. The Morgan fingerprint density at radius 3 is 2.24 bits per heavy atom. The summed E-state index contributed by atoms with van der Waals surface area (Å²) in [4.78, 5) is 2.18. The third-order valence-corrected chi connectivity index (χ3v) is 3.61. The van der Waals surface area contributed by atoms with Crippen molar-refractivity contribution in [1.29, 1.82) is 5.26 Å². The fourth-order valence-corrected chi connectivity index (χ4v) is 2.34. The fraction of sp³-hybridized carbons (Fsp3) is 0.750. The summed E-state index contributed by atoms with van der Waals surface area (Å²) < 4.78 is 5.74. The molecule has 0 unspecified atom stereocenters. The van der Waals surface area contributed by atoms with Gasteiger partial charge in [-0.05, 0) is 38.8 Å². The molecule has 90 valence electrons. The van der Waals surface area contributed by atoms with Crippen LogP contribution in [0.1, 0.15) is 49.3 Å². The van der Waals surface area contributed by atoms with Gasteiger partial charge in [-0.25, -0.2) is 0 Å². The minimum Gasteiger partial charge on any atom is -0.425 e. The smallest absolute Gasteiger partial charge is 0.219 e. The molecule has 1 aromatic rings. The lowest BCUT2D eigenvalue weighted by Gasteiger charge is -2.28. The Balaban J connectivity index is 1.59. The molecule has 2 heterocycles. The molecule has 0 bridgehead atoms. The quantitative estimate of drug-likeness (QED) is 0.741. The first-order valence-electron chi connectivity index (χ1n) is 6.29. The van der Waals surface area contributed by atoms with Gasteiger partial charge in [-0.3, -0.25) is 4.90 Å². The Morgan fingerprint density at radius 1 is 1.12 bits per heavy atom. The van der Waals surface area contributed by atoms with Crippen molar-refractivity contribution in [3.05, 3.63) is 11.8 Å². The lowest BCUT2D eigenvalue weighted by Crippen LogP contribution is -2.33. The van der Waals surface area contributed by atoms with E-state index < -0.39 is 0 Å². The van der Waals surface area contributed by atoms with Gasteiger partial charge in [0.1, 0.15) is 0 Å². The molecule has 5 heteroatoms. The molecule has 0 atom stereocenters. The summed E-state index contributed by atoms with van der Waals surface area (Å²) in [5.74, 6) is 2.57. The second-order valence-corrected chi connectivity index (χ2v) is 4.96. The standard InChI is InChI=1S/C12H16N4O/c13-5-8-16-6-3-10(4-7-16)12-15-14-11(17-12)9-1-2-9/h9-10H,1-4,6-8H2. The van der Waals surface area contributed by atoms with Gasteiger partial charge < -0.3 is 4.42 Å². The van der Waals surface area contributed by atoms with Crippen molar-refractivity contribution in [2.75, 3.05) is 19.6 Å². The van der Waals surface area contributed by atoms with Crippen LogP contribution in [0.4, 0.5) is 0 Å². The number of likely N-dealkylation sites (tertiary alicyclic amines) is 1. The Kier molecular flexibility index (Phi) is 2.81. The van der Waals surface area contributed by atoms with E-state index in [1.807, 2.05) is 0 Å². The van der Waals surface area contributed by atoms with Crippen molar-refractivity contribution in [1.82, 2.24) is 15.1 Å². The summed E-state index contributed by atoms with van der Waals surface area (Å²) in [5.41, 5.74) is 0. The number of hydrogen-bond acceptors (Lipinski definition) is 5. The fourth-order valence-electron chi connectivity index (χ4n) is 2.34. The van der Waals surface area contributed by atoms with Gasteiger partial charge in [0.15, 0.2) is 0 Å². The highest BCUT2D eigenvalue weighted by molar-refractivity contribution is 5.03. The van der Waals surface area contributed by atoms with Gasteiger partial charge in [-0.1, -0.05) is 0 Å². The normalized spacial score (nSPS) is 22.5. The Hall–Kier alpha value is -1.41. The van der Waals surface area contributed by atoms with Gasteiger partial charge in [0, 0.05) is 11.8 Å². The average Bonchev–Trinajstić information content (AvgIpc) is 3.09. The molecular weight excluding hydrogens is 216 g/mol. The van der Waals surface area contributed by atoms with Crippen LogP contribution in [0.15, 0.2) is 4.42 Å². The van der Waals surface area contributed by atoms with Crippen LogP contribution in [-0.2, 0) is 0 Å². The Morgan fingerprint density at radius 2 is 1.71 bits per heavy atom. The van der Waals surface area contributed by atoms with Crippen molar-refractivity contribution in [3.8, 4) is 6.07 Å². The zero-order valence-corrected chi connectivity index (χ0v) is 9.80. The summed E-state index contributed by atoms with van der Waals surface area (Å²) in [6.07, 6.45) is 4.44. The molecule has 3 rings (SSSR count). The average molecular weight is 232 g/mol. The molecule has 1 aromatic heterocycles. The predicted octanol–water partition coefficient (Wildman–Crippen LogP) is 1.65. The second-order valence-electron chi connectivity index (χ2n) is 4.96. The Labute approximate surface area is 100 Å². The van der Waals surface area contributed by atoms with Crippen LogP contribution in [-0.4, -0.2) is 34.7 Å². The minimum absolute atomic E-state index is 0.393. The first kappa shape index (κ1) is 10.7. The molecule has 2 fully saturated rings. The second kappa shape index (κ2) is 4.46. The van der Waals surface area contributed by atoms with Crippen LogP contribution in [0.3, 0.4) is 0 Å². The van der Waals surface area contributed by atoms with Crippen LogP contribution in [0, 0.1) is 11.3 Å². The van der Waals surface area contributed by atoms with Crippen molar-refractivity contribution in [2.24, 2.45) is 0 Å². The van der Waals surface area contributed by atoms with E-state index in [0.29, 0.717) is 18.4 Å². The van der Waals surface area contributed by atoms with Gasteiger partial charge in [-0.15, -0.1) is 10.2 Å². The van der Waals surface area contributed by atoms with Gasteiger partial charge in [0.05, 0.1) is 12.6 Å². The molecule has 1 aliphatic heterocycles. The topological polar surface area (TPSA) is 66.0 Å². The minimum atomic E-state index is 0.393. The highest BCUT2D eigenvalue weighted by Crippen LogP contribution is 2.40. The Bertz CT molecular complexity index is 424. The lowest BCUT2D eigenvalue weighted by molar-refractivity contribution is 0.218. The van der Waals surface area contributed by atoms with Gasteiger partial charge in [0.25, 0.3) is 0 Å². The molecule has 17 heavy (non-hydrogen) atoms. The van der Waals surface area contributed by atoms with Crippen molar-refractivity contribution in [3.63, 3.8) is 0 Å². The van der Waals surface area contributed by atoms with Gasteiger partial charge >= 0.3 is 0 Å². The highest BCUT2D eigenvalue weighted by atomic mass is 16.4. The maximum Gasteiger partial charge on any atom is 0.219 e. The third-order valence-electron chi connectivity index (χ3n) is 3.61. The summed E-state index contributed by atoms with van der Waals surface area (Å²) in [5, 5.41) is 16.9. The maximum atomic E-state index is 8.64. The molecule has 1 saturated carbocycles. The number of nitriles is 1. The summed E-state index contributed by atoms with van der Waals surface area (Å²) in [6, 6.07) is 2.19. The monoisotopic (exact) mass is 232 g/mol. The number of nitrogens with zero attached hydrogens (tertiary/aromatic N) is 4. The van der Waals surface area contributed by atoms with Crippen LogP contribution in [0.2, 0.25) is 0 Å². The van der Waals surface area contributed by atoms with E-state index >= 15 is 0 Å². The molecule has 0 N–H and O–H groups in total. The third kappa shape index (κ3) is 2.32. The van der Waals surface area contributed by atoms with Crippen molar-refractivity contribution < 1.29 is 4.42 Å². The van der Waals surface area contributed by atoms with Crippen LogP contribution >= 0.6 is 0 Å². The molecular formula is C12H16N4O. The highest BCUT2D eigenvalue weighted by Gasteiger charge is 2.31. The number of piperidine rings is 1. The zero-order valence-electron chi connectivity index (χ0n) is 9.80. The molecule has 0 amide bonds. The van der Waals surface area contributed by atoms with E-state index in [0.717, 1.165) is 37.7 Å². The zero-order chi connectivity index (χ0) is 11.7. The predicted molar refractivity (Wildman–Crippen MR) is 60.3 cm³/mol. The lowest BCUT2D eigenvalue weighted by atomic mass is 9.97. The molecule has 2 aliphatic rings. The molecule has 5 nitrogen and oxygen atoms in total. The van der Waals surface area contributed by atoms with E-state index in [9.17, 15) is 0 Å². The molecule has 1 aliphatic carbocycles. The number of aromatic nitrogens is 2. The van der Waals surface area contributed by atoms with E-state index in [1.54, 1.807) is 0 Å². The molecule has 1 saturated heterocycles. The van der Waals surface area contributed by atoms with Crippen LogP contribution in [0.25, 0.3) is 0 Å². The van der Waals surface area contributed by atoms with Crippen LogP contribution in [0.5, 0.6) is 0 Å². The SMILES string of the molecule is N#CCN1CCC(c2nnc(C3CC3)o2)CC1. The van der Waals surface area contributed by atoms with Crippen molar-refractivity contribution in [2.45, 2.75) is 37.5 Å². The van der Waals surface area contributed by atoms with Crippen LogP contribution < -0.4 is 0 Å². The van der Waals surface area contributed by atoms with E-state index in [1.165, 1.54) is 12.8 Å². The first-order chi connectivity index (χ1) is 8.36. The van der Waals surface area contributed by atoms with E-state index in [-0.39, 0.29) is 0 Å². The number of rotatable bonds is 3. The van der Waals surface area contributed by atoms with E-state index in [4.69, 9.17) is 9.68 Å². The summed E-state index contributed by atoms with van der Waals surface area (Å²) >= 11 is 0. The van der Waals surface area contributed by atoms with Gasteiger partial charge in [0.2, 0.25) is 11.8 Å². The molecule has 0 spiro atoms. The number of hydrogen-bond donors (Lipinski definition) is 0. The van der Waals surface area contributed by atoms with Crippen molar-refractivity contribution >= 4 is 0 Å². The van der Waals surface area contributed by atoms with Gasteiger partial charge in [-0.2, -0.15) is 5.26 Å². The first-order valence-corrected chi connectivity index (χ1v) is 6.29. The summed E-state index contributed by atoms with van der Waals surface area (Å²) in [7, 11) is 0. The molecule has 0 aromatic carbocycles. The maximum absolute atomic E-state index is 8.64. The largest absolute Gasteiger partial charge is 0.425 e. The summed E-state index contributed by atoms with van der Waals surface area (Å²) in [6.45, 7) is 2.45. The van der Waals surface area contributed by atoms with E-state index in [2.05, 4.69) is 21.2 Å².